The molecule has 1 aliphatic heterocycles. The highest BCUT2D eigenvalue weighted by Gasteiger charge is 2.19. The van der Waals surface area contributed by atoms with Gasteiger partial charge in [-0.2, -0.15) is 0 Å². The summed E-state index contributed by atoms with van der Waals surface area (Å²) < 4.78 is 49.5. The van der Waals surface area contributed by atoms with Crippen LogP contribution < -0.4 is 18.9 Å². The third-order valence-electron chi connectivity index (χ3n) is 4.90. The minimum Gasteiger partial charge on any atom is -0.486 e. The number of pyridine rings is 1. The number of fused-ring (bicyclic) bond motifs is 1. The van der Waals surface area contributed by atoms with Gasteiger partial charge in [0.15, 0.2) is 11.5 Å². The predicted molar refractivity (Wildman–Crippen MR) is 122 cm³/mol. The average Bonchev–Trinajstić information content (AvgIpc) is 2.86. The standard InChI is InChI=1S/C24H24N2O7S/c27-24(32-17-18-5-1-2-7-21(18)33-19-6-3-11-25-16-19)8-4-12-26-34(28,29)20-9-10-22-23(15-20)31-14-13-30-22/h1-3,5-7,9-11,15-16,26H,4,8,12-14,17H2. The van der Waals surface area contributed by atoms with Crippen molar-refractivity contribution in [1.29, 1.82) is 0 Å². The molecule has 34 heavy (non-hydrogen) atoms. The molecule has 0 saturated carbocycles. The number of esters is 1. The van der Waals surface area contributed by atoms with Crippen LogP contribution in [-0.2, 0) is 26.2 Å². The molecule has 4 rings (SSSR count). The lowest BCUT2D eigenvalue weighted by Crippen LogP contribution is -2.25. The Morgan fingerprint density at radius 3 is 2.68 bits per heavy atom. The number of sulfonamides is 1. The molecule has 10 heteroatoms. The number of hydrogen-bond acceptors (Lipinski definition) is 8. The van der Waals surface area contributed by atoms with E-state index in [4.69, 9.17) is 18.9 Å². The Kier molecular flexibility index (Phi) is 7.61. The van der Waals surface area contributed by atoms with E-state index >= 15 is 0 Å². The normalized spacial score (nSPS) is 12.7. The zero-order valence-corrected chi connectivity index (χ0v) is 19.1. The molecule has 2 aromatic carbocycles. The van der Waals surface area contributed by atoms with Crippen LogP contribution in [0.1, 0.15) is 18.4 Å². The Labute approximate surface area is 197 Å². The summed E-state index contributed by atoms with van der Waals surface area (Å²) in [5.74, 6) is 1.61. The van der Waals surface area contributed by atoms with Crippen LogP contribution in [0.5, 0.6) is 23.0 Å². The number of para-hydroxylation sites is 1. The highest BCUT2D eigenvalue weighted by atomic mass is 32.2. The molecule has 0 bridgehead atoms. The zero-order valence-electron chi connectivity index (χ0n) is 18.3. The highest BCUT2D eigenvalue weighted by molar-refractivity contribution is 7.89. The predicted octanol–water partition coefficient (Wildman–Crippen LogP) is 3.45. The van der Waals surface area contributed by atoms with Gasteiger partial charge < -0.3 is 18.9 Å². The van der Waals surface area contributed by atoms with Crippen molar-refractivity contribution >= 4 is 16.0 Å². The van der Waals surface area contributed by atoms with E-state index < -0.39 is 16.0 Å². The van der Waals surface area contributed by atoms with Gasteiger partial charge in [0.2, 0.25) is 10.0 Å². The minimum absolute atomic E-state index is 0.0399. The summed E-state index contributed by atoms with van der Waals surface area (Å²) >= 11 is 0. The molecule has 0 fully saturated rings. The van der Waals surface area contributed by atoms with Gasteiger partial charge >= 0.3 is 5.97 Å². The van der Waals surface area contributed by atoms with Crippen LogP contribution in [0, 0.1) is 0 Å². The summed E-state index contributed by atoms with van der Waals surface area (Å²) in [6.07, 6.45) is 3.59. The molecule has 0 aliphatic carbocycles. The molecule has 0 atom stereocenters. The van der Waals surface area contributed by atoms with Gasteiger partial charge in [-0.25, -0.2) is 13.1 Å². The second-order valence-corrected chi connectivity index (χ2v) is 9.13. The Hall–Kier alpha value is -3.63. The summed E-state index contributed by atoms with van der Waals surface area (Å²) in [4.78, 5) is 16.2. The number of hydrogen-bond donors (Lipinski definition) is 1. The minimum atomic E-state index is -3.74. The fourth-order valence-corrected chi connectivity index (χ4v) is 4.29. The fraction of sp³-hybridized carbons (Fsp3) is 0.250. The van der Waals surface area contributed by atoms with Crippen molar-refractivity contribution in [2.75, 3.05) is 19.8 Å². The van der Waals surface area contributed by atoms with Crippen molar-refractivity contribution < 1.29 is 32.2 Å². The van der Waals surface area contributed by atoms with E-state index in [1.807, 2.05) is 12.1 Å². The lowest BCUT2D eigenvalue weighted by atomic mass is 10.2. The molecule has 0 amide bonds. The summed E-state index contributed by atoms with van der Waals surface area (Å²) in [6.45, 7) is 0.924. The van der Waals surface area contributed by atoms with E-state index in [1.165, 1.54) is 12.1 Å². The second kappa shape index (κ2) is 11.0. The number of ether oxygens (including phenoxy) is 4. The molecular formula is C24H24N2O7S. The van der Waals surface area contributed by atoms with Crippen LogP contribution in [0.2, 0.25) is 0 Å². The van der Waals surface area contributed by atoms with E-state index in [0.717, 1.165) is 0 Å². The monoisotopic (exact) mass is 484 g/mol. The number of nitrogens with one attached hydrogen (secondary N) is 1. The van der Waals surface area contributed by atoms with E-state index in [9.17, 15) is 13.2 Å². The van der Waals surface area contributed by atoms with E-state index in [1.54, 1.807) is 42.7 Å². The van der Waals surface area contributed by atoms with Crippen LogP contribution in [-0.4, -0.2) is 39.1 Å². The molecule has 0 unspecified atom stereocenters. The van der Waals surface area contributed by atoms with Gasteiger partial charge in [0.25, 0.3) is 0 Å². The second-order valence-electron chi connectivity index (χ2n) is 7.37. The van der Waals surface area contributed by atoms with E-state index in [0.29, 0.717) is 41.8 Å². The third kappa shape index (κ3) is 6.24. The molecule has 178 valence electrons. The van der Waals surface area contributed by atoms with E-state index in [-0.39, 0.29) is 30.9 Å². The van der Waals surface area contributed by atoms with Crippen molar-refractivity contribution in [2.24, 2.45) is 0 Å². The third-order valence-corrected chi connectivity index (χ3v) is 6.36. The number of benzene rings is 2. The number of carbonyl (C=O) groups excluding carboxylic acids is 1. The molecule has 2 heterocycles. The smallest absolute Gasteiger partial charge is 0.306 e. The van der Waals surface area contributed by atoms with Crippen molar-refractivity contribution in [3.05, 3.63) is 72.6 Å². The lowest BCUT2D eigenvalue weighted by Gasteiger charge is -2.18. The summed E-state index contributed by atoms with van der Waals surface area (Å²) in [7, 11) is -3.74. The largest absolute Gasteiger partial charge is 0.486 e. The number of carbonyl (C=O) groups is 1. The summed E-state index contributed by atoms with van der Waals surface area (Å²) in [6, 6.07) is 15.2. The van der Waals surface area contributed by atoms with Gasteiger partial charge in [-0.3, -0.25) is 9.78 Å². The van der Waals surface area contributed by atoms with Gasteiger partial charge in [0.05, 0.1) is 11.1 Å². The Morgan fingerprint density at radius 2 is 1.85 bits per heavy atom. The first-order valence-electron chi connectivity index (χ1n) is 10.7. The average molecular weight is 485 g/mol. The fourth-order valence-electron chi connectivity index (χ4n) is 3.20. The number of aromatic nitrogens is 1. The van der Waals surface area contributed by atoms with Crippen LogP contribution in [0.4, 0.5) is 0 Å². The maximum atomic E-state index is 12.5. The topological polar surface area (TPSA) is 113 Å². The molecular weight excluding hydrogens is 460 g/mol. The molecule has 1 N–H and O–H groups in total. The first-order chi connectivity index (χ1) is 16.5. The number of rotatable bonds is 10. The van der Waals surface area contributed by atoms with Crippen molar-refractivity contribution in [3.8, 4) is 23.0 Å². The molecule has 1 aromatic heterocycles. The molecule has 9 nitrogen and oxygen atoms in total. The maximum absolute atomic E-state index is 12.5. The molecule has 0 spiro atoms. The molecule has 3 aromatic rings. The summed E-state index contributed by atoms with van der Waals surface area (Å²) in [5.41, 5.74) is 0.707. The van der Waals surface area contributed by atoms with Gasteiger partial charge in [-0.1, -0.05) is 18.2 Å². The molecule has 0 radical (unpaired) electrons. The zero-order chi connectivity index (χ0) is 23.8. The van der Waals surface area contributed by atoms with Crippen molar-refractivity contribution in [1.82, 2.24) is 9.71 Å². The van der Waals surface area contributed by atoms with E-state index in [2.05, 4.69) is 9.71 Å². The maximum Gasteiger partial charge on any atom is 0.306 e. The molecule has 0 saturated heterocycles. The highest BCUT2D eigenvalue weighted by Crippen LogP contribution is 2.32. The van der Waals surface area contributed by atoms with Gasteiger partial charge in [0.1, 0.15) is 31.3 Å². The van der Waals surface area contributed by atoms with Crippen LogP contribution in [0.25, 0.3) is 0 Å². The Bertz CT molecular complexity index is 1230. The first-order valence-corrected chi connectivity index (χ1v) is 12.2. The lowest BCUT2D eigenvalue weighted by molar-refractivity contribution is -0.145. The van der Waals surface area contributed by atoms with Gasteiger partial charge in [-0.15, -0.1) is 0 Å². The van der Waals surface area contributed by atoms with Gasteiger partial charge in [0, 0.05) is 30.8 Å². The Balaban J connectivity index is 1.23. The van der Waals surface area contributed by atoms with Gasteiger partial charge in [-0.05, 0) is 36.8 Å². The quantitative estimate of drug-likeness (QED) is 0.344. The molecule has 1 aliphatic rings. The number of nitrogens with zero attached hydrogens (tertiary/aromatic N) is 1. The van der Waals surface area contributed by atoms with Crippen LogP contribution >= 0.6 is 0 Å². The van der Waals surface area contributed by atoms with Crippen molar-refractivity contribution in [3.63, 3.8) is 0 Å². The first kappa shape index (κ1) is 23.5. The summed E-state index contributed by atoms with van der Waals surface area (Å²) in [5, 5.41) is 0. The van der Waals surface area contributed by atoms with Crippen LogP contribution in [0.3, 0.4) is 0 Å². The van der Waals surface area contributed by atoms with Crippen molar-refractivity contribution in [2.45, 2.75) is 24.3 Å². The SMILES string of the molecule is O=C(CCCNS(=O)(=O)c1ccc2c(c1)OCCO2)OCc1ccccc1Oc1cccnc1. The van der Waals surface area contributed by atoms with Crippen LogP contribution in [0.15, 0.2) is 71.9 Å². The Morgan fingerprint density at radius 1 is 1.03 bits per heavy atom.